The molecule has 0 N–H and O–H groups in total. The van der Waals surface area contributed by atoms with Crippen LogP contribution >= 0.6 is 0 Å². The number of benzene rings is 1. The van der Waals surface area contributed by atoms with E-state index in [4.69, 9.17) is 4.74 Å². The van der Waals surface area contributed by atoms with E-state index in [-0.39, 0.29) is 41.3 Å². The fraction of sp³-hybridized carbons (Fsp3) is 0.500. The summed E-state index contributed by atoms with van der Waals surface area (Å²) >= 11 is 0. The SMILES string of the molecule is Cc1ccc(C(=O)COC(=O)[C@H](C)N2C(=O)[C@@H]3[C@@H]4C=C[C@H]([C@H]5C[C@@H]45)[C@@H]3C2=O)cc1C. The molecule has 7 atom stereocenters. The molecule has 1 aliphatic heterocycles. The molecular weight excluding hydrogens is 382 g/mol. The van der Waals surface area contributed by atoms with Crippen LogP contribution in [-0.4, -0.2) is 41.1 Å². The van der Waals surface area contributed by atoms with Crippen LogP contribution in [-0.2, 0) is 19.1 Å². The zero-order valence-electron chi connectivity index (χ0n) is 17.3. The second-order valence-corrected chi connectivity index (χ2v) is 9.21. The lowest BCUT2D eigenvalue weighted by molar-refractivity contribution is -0.157. The zero-order valence-corrected chi connectivity index (χ0v) is 17.3. The molecule has 0 spiro atoms. The summed E-state index contributed by atoms with van der Waals surface area (Å²) in [5.41, 5.74) is 2.53. The number of carbonyl (C=O) groups is 4. The van der Waals surface area contributed by atoms with Gasteiger partial charge in [-0.15, -0.1) is 0 Å². The van der Waals surface area contributed by atoms with E-state index in [2.05, 4.69) is 12.2 Å². The topological polar surface area (TPSA) is 80.8 Å². The van der Waals surface area contributed by atoms with Gasteiger partial charge < -0.3 is 4.74 Å². The molecule has 6 nitrogen and oxygen atoms in total. The van der Waals surface area contributed by atoms with Gasteiger partial charge in [0.2, 0.25) is 11.8 Å². The number of ketones is 1. The molecule has 1 aromatic carbocycles. The Kier molecular flexibility index (Phi) is 4.24. The molecule has 6 rings (SSSR count). The van der Waals surface area contributed by atoms with Gasteiger partial charge in [0, 0.05) is 5.56 Å². The van der Waals surface area contributed by atoms with Crippen molar-refractivity contribution in [1.82, 2.24) is 4.90 Å². The number of carbonyl (C=O) groups excluding carboxylic acids is 4. The van der Waals surface area contributed by atoms with E-state index >= 15 is 0 Å². The summed E-state index contributed by atoms with van der Waals surface area (Å²) in [6, 6.07) is 4.29. The van der Waals surface area contributed by atoms with E-state index < -0.39 is 18.6 Å². The summed E-state index contributed by atoms with van der Waals surface area (Å²) in [4.78, 5) is 52.2. The minimum Gasteiger partial charge on any atom is -0.456 e. The van der Waals surface area contributed by atoms with Gasteiger partial charge in [-0.2, -0.15) is 0 Å². The first-order valence-electron chi connectivity index (χ1n) is 10.6. The predicted octanol–water partition coefficient (Wildman–Crippen LogP) is 2.47. The van der Waals surface area contributed by atoms with Crippen molar-refractivity contribution in [2.45, 2.75) is 33.2 Å². The van der Waals surface area contributed by atoms with E-state index in [1.165, 1.54) is 6.92 Å². The van der Waals surface area contributed by atoms with Crippen LogP contribution in [0, 0.1) is 49.4 Å². The highest BCUT2D eigenvalue weighted by molar-refractivity contribution is 6.09. The van der Waals surface area contributed by atoms with Crippen molar-refractivity contribution >= 4 is 23.6 Å². The van der Waals surface area contributed by atoms with Gasteiger partial charge >= 0.3 is 5.97 Å². The lowest BCUT2D eigenvalue weighted by atomic mass is 9.63. The third kappa shape index (κ3) is 2.69. The smallest absolute Gasteiger partial charge is 0.329 e. The molecule has 1 saturated heterocycles. The van der Waals surface area contributed by atoms with Gasteiger partial charge in [0.25, 0.3) is 0 Å². The maximum absolute atomic E-state index is 13.1. The van der Waals surface area contributed by atoms with Gasteiger partial charge in [-0.1, -0.05) is 24.3 Å². The first kappa shape index (κ1) is 19.2. The normalized spacial score (nSPS) is 33.9. The molecule has 1 aromatic rings. The Morgan fingerprint density at radius 2 is 1.63 bits per heavy atom. The van der Waals surface area contributed by atoms with Crippen LogP contribution in [0.3, 0.4) is 0 Å². The lowest BCUT2D eigenvalue weighted by Gasteiger charge is -2.37. The molecule has 0 unspecified atom stereocenters. The zero-order chi connectivity index (χ0) is 21.3. The first-order valence-corrected chi connectivity index (χ1v) is 10.6. The van der Waals surface area contributed by atoms with Crippen LogP contribution in [0.5, 0.6) is 0 Å². The number of hydrogen-bond acceptors (Lipinski definition) is 5. The summed E-state index contributed by atoms with van der Waals surface area (Å²) in [5, 5.41) is 0. The molecule has 1 heterocycles. The second kappa shape index (κ2) is 6.62. The summed E-state index contributed by atoms with van der Waals surface area (Å²) in [7, 11) is 0. The Hall–Kier alpha value is -2.76. The summed E-state index contributed by atoms with van der Waals surface area (Å²) in [5.74, 6) is -1.01. The van der Waals surface area contributed by atoms with E-state index in [0.29, 0.717) is 17.4 Å². The third-order valence-electron chi connectivity index (χ3n) is 7.60. The van der Waals surface area contributed by atoms with E-state index in [1.54, 1.807) is 12.1 Å². The molecule has 0 radical (unpaired) electrons. The Labute approximate surface area is 175 Å². The third-order valence-corrected chi connectivity index (χ3v) is 7.60. The minimum atomic E-state index is -1.03. The molecule has 2 saturated carbocycles. The average Bonchev–Trinajstić information content (AvgIpc) is 3.51. The number of nitrogens with zero attached hydrogens (tertiary/aromatic N) is 1. The highest BCUT2D eigenvalue weighted by atomic mass is 16.5. The average molecular weight is 407 g/mol. The molecule has 2 bridgehead atoms. The second-order valence-electron chi connectivity index (χ2n) is 9.21. The van der Waals surface area contributed by atoms with Crippen molar-refractivity contribution in [3.05, 3.63) is 47.0 Å². The molecule has 156 valence electrons. The fourth-order valence-electron chi connectivity index (χ4n) is 5.72. The Bertz CT molecular complexity index is 975. The minimum absolute atomic E-state index is 0.112. The summed E-state index contributed by atoms with van der Waals surface area (Å²) < 4.78 is 5.20. The Morgan fingerprint density at radius 3 is 2.20 bits per heavy atom. The van der Waals surface area contributed by atoms with Crippen molar-refractivity contribution in [1.29, 1.82) is 0 Å². The summed E-state index contributed by atoms with van der Waals surface area (Å²) in [6.07, 6.45) is 5.29. The number of imide groups is 1. The number of ether oxygens (including phenoxy) is 1. The lowest BCUT2D eigenvalue weighted by Crippen LogP contribution is -2.45. The van der Waals surface area contributed by atoms with Gasteiger partial charge in [-0.05, 0) is 68.1 Å². The number of rotatable bonds is 5. The van der Waals surface area contributed by atoms with E-state index in [1.807, 2.05) is 19.9 Å². The predicted molar refractivity (Wildman–Crippen MR) is 107 cm³/mol. The van der Waals surface area contributed by atoms with Crippen LogP contribution in [0.15, 0.2) is 30.4 Å². The van der Waals surface area contributed by atoms with Crippen molar-refractivity contribution in [2.75, 3.05) is 6.61 Å². The van der Waals surface area contributed by atoms with Crippen molar-refractivity contribution in [2.24, 2.45) is 35.5 Å². The number of aryl methyl sites for hydroxylation is 2. The van der Waals surface area contributed by atoms with Gasteiger partial charge in [-0.25, -0.2) is 4.79 Å². The largest absolute Gasteiger partial charge is 0.456 e. The van der Waals surface area contributed by atoms with Gasteiger partial charge in [-0.3, -0.25) is 19.3 Å². The fourth-order valence-corrected chi connectivity index (χ4v) is 5.72. The number of likely N-dealkylation sites (tertiary alicyclic amines) is 1. The monoisotopic (exact) mass is 407 g/mol. The van der Waals surface area contributed by atoms with Crippen LogP contribution in [0.1, 0.15) is 34.8 Å². The standard InChI is InChI=1S/C24H25NO5/c1-11-4-5-14(8-12(11)2)19(26)10-30-24(29)13(3)25-22(27)20-15-6-7-16(18-9-17(15)18)21(20)23(25)28/h4-8,13,15-18,20-21H,9-10H2,1-3H3/t13-,15+,16+,17-,18+,20+,21-/m0/s1. The molecule has 2 amide bonds. The van der Waals surface area contributed by atoms with E-state index in [9.17, 15) is 19.2 Å². The van der Waals surface area contributed by atoms with Crippen LogP contribution in [0.2, 0.25) is 0 Å². The van der Waals surface area contributed by atoms with Crippen molar-refractivity contribution in [3.63, 3.8) is 0 Å². The maximum atomic E-state index is 13.1. The Balaban J connectivity index is 1.26. The molecule has 3 fully saturated rings. The first-order chi connectivity index (χ1) is 14.3. The van der Waals surface area contributed by atoms with Crippen molar-refractivity contribution < 1.29 is 23.9 Å². The molecule has 4 aliphatic carbocycles. The van der Waals surface area contributed by atoms with Crippen LogP contribution in [0.25, 0.3) is 0 Å². The van der Waals surface area contributed by atoms with Gasteiger partial charge in [0.15, 0.2) is 12.4 Å². The van der Waals surface area contributed by atoms with Crippen LogP contribution in [0.4, 0.5) is 0 Å². The Morgan fingerprint density at radius 1 is 1.03 bits per heavy atom. The molecular formula is C24H25NO5. The van der Waals surface area contributed by atoms with E-state index in [0.717, 1.165) is 22.4 Å². The molecule has 30 heavy (non-hydrogen) atoms. The number of amides is 2. The highest BCUT2D eigenvalue weighted by Crippen LogP contribution is 2.65. The molecule has 0 aromatic heterocycles. The number of esters is 1. The van der Waals surface area contributed by atoms with Crippen molar-refractivity contribution in [3.8, 4) is 0 Å². The highest BCUT2D eigenvalue weighted by Gasteiger charge is 2.67. The maximum Gasteiger partial charge on any atom is 0.329 e. The quantitative estimate of drug-likeness (QED) is 0.324. The molecule has 6 heteroatoms. The summed E-state index contributed by atoms with van der Waals surface area (Å²) in [6.45, 7) is 4.96. The van der Waals surface area contributed by atoms with Crippen LogP contribution < -0.4 is 0 Å². The molecule has 5 aliphatic rings. The van der Waals surface area contributed by atoms with Gasteiger partial charge in [0.1, 0.15) is 6.04 Å². The van der Waals surface area contributed by atoms with Gasteiger partial charge in [0.05, 0.1) is 11.8 Å². The number of Topliss-reactive ketones (excluding diaryl/α,β-unsaturated/α-hetero) is 1. The number of allylic oxidation sites excluding steroid dienone is 2. The number of hydrogen-bond donors (Lipinski definition) is 0.